The topological polar surface area (TPSA) is 42.6 Å². The molecule has 3 nitrogen and oxygen atoms in total. The molecule has 1 aliphatic carbocycles. The van der Waals surface area contributed by atoms with Crippen molar-refractivity contribution in [2.75, 3.05) is 0 Å². The van der Waals surface area contributed by atoms with Crippen LogP contribution >= 0.6 is 0 Å². The fourth-order valence-corrected chi connectivity index (χ4v) is 2.64. The summed E-state index contributed by atoms with van der Waals surface area (Å²) in [7, 11) is 0. The van der Waals surface area contributed by atoms with Crippen LogP contribution in [0.25, 0.3) is 0 Å². The van der Waals surface area contributed by atoms with Crippen LogP contribution in [0.15, 0.2) is 20.3 Å². The lowest BCUT2D eigenvalue weighted by Crippen LogP contribution is -2.24. The molecule has 1 aromatic rings. The average molecular weight is 285 g/mol. The zero-order chi connectivity index (χ0) is 14.3. The molecule has 0 unspecified atom stereocenters. The first-order valence-electron chi connectivity index (χ1n) is 6.73. The Hall–Kier alpha value is -1.59. The van der Waals surface area contributed by atoms with Crippen molar-refractivity contribution in [2.24, 2.45) is 10.9 Å². The van der Waals surface area contributed by atoms with Crippen molar-refractivity contribution >= 4 is 5.71 Å². The standard InChI is InChI=1S/C14H14F3NO2/c15-14(16,17)13-12-9(3-1-2-8-4-5-8)6-11(19)20-10(12)7-18-13/h6,8H,1-5,7H2. The minimum atomic E-state index is -4.50. The van der Waals surface area contributed by atoms with Crippen molar-refractivity contribution in [1.82, 2.24) is 0 Å². The summed E-state index contributed by atoms with van der Waals surface area (Å²) in [5.41, 5.74) is -1.08. The maximum absolute atomic E-state index is 12.9. The molecule has 0 spiro atoms. The number of halogens is 3. The lowest BCUT2D eigenvalue weighted by molar-refractivity contribution is -0.0580. The molecule has 3 rings (SSSR count). The first-order valence-corrected chi connectivity index (χ1v) is 6.73. The fourth-order valence-electron chi connectivity index (χ4n) is 2.64. The minimum absolute atomic E-state index is 0.00658. The summed E-state index contributed by atoms with van der Waals surface area (Å²) in [6.07, 6.45) is 0.198. The van der Waals surface area contributed by atoms with E-state index < -0.39 is 17.5 Å². The van der Waals surface area contributed by atoms with Crippen LogP contribution in [0.2, 0.25) is 0 Å². The Morgan fingerprint density at radius 2 is 2.10 bits per heavy atom. The molecule has 0 aromatic carbocycles. The van der Waals surface area contributed by atoms with Crippen molar-refractivity contribution in [2.45, 2.75) is 44.8 Å². The van der Waals surface area contributed by atoms with E-state index in [1.807, 2.05) is 0 Å². The van der Waals surface area contributed by atoms with Gasteiger partial charge in [0.1, 0.15) is 5.76 Å². The van der Waals surface area contributed by atoms with Gasteiger partial charge in [-0.05, 0) is 24.3 Å². The van der Waals surface area contributed by atoms with Crippen LogP contribution in [-0.2, 0) is 13.0 Å². The van der Waals surface area contributed by atoms with E-state index in [0.29, 0.717) is 12.0 Å². The Morgan fingerprint density at radius 1 is 1.35 bits per heavy atom. The van der Waals surface area contributed by atoms with Gasteiger partial charge in [0, 0.05) is 11.6 Å². The average Bonchev–Trinajstić information content (AvgIpc) is 3.05. The zero-order valence-corrected chi connectivity index (χ0v) is 10.8. The lowest BCUT2D eigenvalue weighted by Gasteiger charge is -2.11. The van der Waals surface area contributed by atoms with Gasteiger partial charge in [-0.15, -0.1) is 0 Å². The number of fused-ring (bicyclic) bond motifs is 1. The van der Waals surface area contributed by atoms with Crippen molar-refractivity contribution < 1.29 is 17.6 Å². The number of hydrogen-bond acceptors (Lipinski definition) is 3. The normalized spacial score (nSPS) is 18.1. The van der Waals surface area contributed by atoms with Crippen LogP contribution in [0.5, 0.6) is 0 Å². The van der Waals surface area contributed by atoms with Crippen LogP contribution in [0.1, 0.15) is 42.6 Å². The predicted molar refractivity (Wildman–Crippen MR) is 66.9 cm³/mol. The second-order valence-electron chi connectivity index (χ2n) is 5.39. The molecule has 108 valence electrons. The van der Waals surface area contributed by atoms with Crippen LogP contribution in [0, 0.1) is 5.92 Å². The molecule has 0 N–H and O–H groups in total. The van der Waals surface area contributed by atoms with Crippen molar-refractivity contribution in [3.05, 3.63) is 33.4 Å². The summed E-state index contributed by atoms with van der Waals surface area (Å²) >= 11 is 0. The molecular formula is C14H14F3NO2. The number of rotatable bonds is 4. The molecule has 0 saturated heterocycles. The summed E-state index contributed by atoms with van der Waals surface area (Å²) in [5, 5.41) is 0. The smallest absolute Gasteiger partial charge is 0.425 e. The van der Waals surface area contributed by atoms with Gasteiger partial charge >= 0.3 is 11.8 Å². The van der Waals surface area contributed by atoms with Gasteiger partial charge in [0.15, 0.2) is 5.71 Å². The molecule has 0 amide bonds. The van der Waals surface area contributed by atoms with E-state index in [1.54, 1.807) is 0 Å². The van der Waals surface area contributed by atoms with Crippen molar-refractivity contribution in [1.29, 1.82) is 0 Å². The number of hydrogen-bond donors (Lipinski definition) is 0. The third kappa shape index (κ3) is 2.64. The van der Waals surface area contributed by atoms with Crippen LogP contribution in [0.3, 0.4) is 0 Å². The van der Waals surface area contributed by atoms with E-state index in [4.69, 9.17) is 4.42 Å². The lowest BCUT2D eigenvalue weighted by atomic mass is 9.98. The molecule has 2 aliphatic rings. The Kier molecular flexibility index (Phi) is 3.18. The van der Waals surface area contributed by atoms with Gasteiger partial charge in [0.05, 0.1) is 6.54 Å². The van der Waals surface area contributed by atoms with E-state index in [9.17, 15) is 18.0 Å². The zero-order valence-electron chi connectivity index (χ0n) is 10.8. The quantitative estimate of drug-likeness (QED) is 0.852. The SMILES string of the molecule is O=c1cc(CCCC2CC2)c2c(o1)CN=C2C(F)(F)F. The molecule has 0 bridgehead atoms. The Bertz CT molecular complexity index is 612. The monoisotopic (exact) mass is 285 g/mol. The largest absolute Gasteiger partial charge is 0.433 e. The molecule has 6 heteroatoms. The Balaban J connectivity index is 1.89. The van der Waals surface area contributed by atoms with Crippen molar-refractivity contribution in [3.8, 4) is 0 Å². The Labute approximate surface area is 113 Å². The van der Waals surface area contributed by atoms with E-state index in [0.717, 1.165) is 18.8 Å². The predicted octanol–water partition coefficient (Wildman–Crippen LogP) is 3.24. The highest BCUT2D eigenvalue weighted by Gasteiger charge is 2.42. The van der Waals surface area contributed by atoms with Crippen LogP contribution in [-0.4, -0.2) is 11.9 Å². The number of nitrogens with zero attached hydrogens (tertiary/aromatic N) is 1. The summed E-state index contributed by atoms with van der Waals surface area (Å²) in [5.74, 6) is 0.769. The van der Waals surface area contributed by atoms with Crippen molar-refractivity contribution in [3.63, 3.8) is 0 Å². The number of aliphatic imine (C=N–C) groups is 1. The summed E-state index contributed by atoms with van der Waals surface area (Å²) in [6, 6.07) is 1.18. The van der Waals surface area contributed by atoms with Gasteiger partial charge in [0.2, 0.25) is 0 Å². The second-order valence-corrected chi connectivity index (χ2v) is 5.39. The minimum Gasteiger partial charge on any atom is -0.425 e. The van der Waals surface area contributed by atoms with Crippen LogP contribution < -0.4 is 5.63 Å². The van der Waals surface area contributed by atoms with E-state index >= 15 is 0 Å². The van der Waals surface area contributed by atoms with Gasteiger partial charge in [-0.2, -0.15) is 13.2 Å². The highest BCUT2D eigenvalue weighted by molar-refractivity contribution is 6.07. The summed E-state index contributed by atoms with van der Waals surface area (Å²) < 4.78 is 43.6. The molecule has 1 saturated carbocycles. The number of aryl methyl sites for hydroxylation is 1. The van der Waals surface area contributed by atoms with Gasteiger partial charge in [-0.3, -0.25) is 4.99 Å². The maximum Gasteiger partial charge on any atom is 0.433 e. The number of alkyl halides is 3. The highest BCUT2D eigenvalue weighted by atomic mass is 19.4. The molecule has 0 radical (unpaired) electrons. The van der Waals surface area contributed by atoms with Gasteiger partial charge in [-0.25, -0.2) is 4.79 Å². The molecule has 1 aliphatic heterocycles. The van der Waals surface area contributed by atoms with Gasteiger partial charge in [-0.1, -0.05) is 19.3 Å². The fraction of sp³-hybridized carbons (Fsp3) is 0.571. The third-order valence-corrected chi connectivity index (χ3v) is 3.76. The Morgan fingerprint density at radius 3 is 2.75 bits per heavy atom. The van der Waals surface area contributed by atoms with Gasteiger partial charge in [0.25, 0.3) is 0 Å². The maximum atomic E-state index is 12.9. The summed E-state index contributed by atoms with van der Waals surface area (Å²) in [4.78, 5) is 14.9. The molecule has 2 heterocycles. The van der Waals surface area contributed by atoms with E-state index in [2.05, 4.69) is 4.99 Å². The molecular weight excluding hydrogens is 271 g/mol. The molecule has 1 fully saturated rings. The molecule has 0 atom stereocenters. The molecule has 20 heavy (non-hydrogen) atoms. The first-order chi connectivity index (χ1) is 9.45. The van der Waals surface area contributed by atoms with Gasteiger partial charge < -0.3 is 4.42 Å². The second kappa shape index (κ2) is 4.75. The van der Waals surface area contributed by atoms with Crippen LogP contribution in [0.4, 0.5) is 13.2 Å². The summed E-state index contributed by atoms with van der Waals surface area (Å²) in [6.45, 7) is -0.199. The van der Waals surface area contributed by atoms with E-state index in [-0.39, 0.29) is 17.9 Å². The molecule has 1 aromatic heterocycles. The highest BCUT2D eigenvalue weighted by Crippen LogP contribution is 2.35. The first kappa shape index (κ1) is 13.4. The van der Waals surface area contributed by atoms with E-state index in [1.165, 1.54) is 18.9 Å². The third-order valence-electron chi connectivity index (χ3n) is 3.76.